The van der Waals surface area contributed by atoms with Gasteiger partial charge in [0.1, 0.15) is 11.3 Å². The molecular formula is C17H13ClN4O. The van der Waals surface area contributed by atoms with Gasteiger partial charge in [-0.1, -0.05) is 24.6 Å². The first-order chi connectivity index (χ1) is 11.1. The zero-order valence-corrected chi connectivity index (χ0v) is 13.1. The van der Waals surface area contributed by atoms with Crippen LogP contribution >= 0.6 is 11.6 Å². The first-order valence-electron chi connectivity index (χ1n) is 7.10. The molecule has 0 aliphatic rings. The number of rotatable bonds is 3. The topological polar surface area (TPSA) is 70.2 Å². The fourth-order valence-corrected chi connectivity index (χ4v) is 2.57. The lowest BCUT2D eigenvalue weighted by Crippen LogP contribution is -2.16. The van der Waals surface area contributed by atoms with E-state index in [1.54, 1.807) is 47.0 Å². The molecule has 0 saturated heterocycles. The van der Waals surface area contributed by atoms with Crippen molar-refractivity contribution < 1.29 is 4.79 Å². The molecule has 2 heterocycles. The van der Waals surface area contributed by atoms with Gasteiger partial charge in [0.25, 0.3) is 5.91 Å². The van der Waals surface area contributed by atoms with Crippen LogP contribution in [-0.4, -0.2) is 15.3 Å². The molecule has 0 spiro atoms. The maximum absolute atomic E-state index is 12.7. The second kappa shape index (κ2) is 6.11. The van der Waals surface area contributed by atoms with E-state index < -0.39 is 0 Å². The van der Waals surface area contributed by atoms with Crippen molar-refractivity contribution in [2.24, 2.45) is 0 Å². The Morgan fingerprint density at radius 2 is 2.22 bits per heavy atom. The molecule has 3 aromatic rings. The number of fused-ring (bicyclic) bond motifs is 1. The SMILES string of the molecule is CCc1nc2cc(Cl)ccn2c1C(=O)Nc1cccc(C#N)c1. The number of halogens is 1. The largest absolute Gasteiger partial charge is 0.321 e. The summed E-state index contributed by atoms with van der Waals surface area (Å²) in [6.45, 7) is 1.94. The minimum absolute atomic E-state index is 0.272. The molecule has 0 unspecified atom stereocenters. The number of nitrogens with one attached hydrogen (secondary N) is 1. The molecule has 0 fully saturated rings. The summed E-state index contributed by atoms with van der Waals surface area (Å²) in [5.74, 6) is -0.272. The number of carbonyl (C=O) groups excluding carboxylic acids is 1. The van der Waals surface area contributed by atoms with E-state index in [0.29, 0.717) is 39.7 Å². The second-order valence-electron chi connectivity index (χ2n) is 4.98. The number of amides is 1. The Labute approximate surface area is 138 Å². The van der Waals surface area contributed by atoms with E-state index in [2.05, 4.69) is 16.4 Å². The average molecular weight is 325 g/mol. The number of hydrogen-bond donors (Lipinski definition) is 1. The number of carbonyl (C=O) groups is 1. The molecule has 6 heteroatoms. The highest BCUT2D eigenvalue weighted by molar-refractivity contribution is 6.30. The summed E-state index contributed by atoms with van der Waals surface area (Å²) in [4.78, 5) is 17.1. The van der Waals surface area contributed by atoms with Crippen molar-refractivity contribution in [3.63, 3.8) is 0 Å². The van der Waals surface area contributed by atoms with Crippen molar-refractivity contribution in [3.05, 3.63) is 64.6 Å². The first-order valence-corrected chi connectivity index (χ1v) is 7.48. The highest BCUT2D eigenvalue weighted by Crippen LogP contribution is 2.19. The van der Waals surface area contributed by atoms with Gasteiger partial charge in [-0.15, -0.1) is 0 Å². The number of pyridine rings is 1. The van der Waals surface area contributed by atoms with Crippen LogP contribution in [0.2, 0.25) is 5.02 Å². The van der Waals surface area contributed by atoms with Gasteiger partial charge in [-0.25, -0.2) is 4.98 Å². The molecule has 5 nitrogen and oxygen atoms in total. The zero-order valence-electron chi connectivity index (χ0n) is 12.4. The third-order valence-corrected chi connectivity index (χ3v) is 3.69. The molecule has 0 saturated carbocycles. The van der Waals surface area contributed by atoms with Crippen molar-refractivity contribution in [1.29, 1.82) is 5.26 Å². The van der Waals surface area contributed by atoms with Crippen molar-refractivity contribution in [2.75, 3.05) is 5.32 Å². The highest BCUT2D eigenvalue weighted by Gasteiger charge is 2.18. The summed E-state index contributed by atoms with van der Waals surface area (Å²) in [5, 5.41) is 12.3. The molecule has 2 aromatic heterocycles. The molecule has 0 aliphatic carbocycles. The Morgan fingerprint density at radius 1 is 1.39 bits per heavy atom. The van der Waals surface area contributed by atoms with Crippen LogP contribution in [0, 0.1) is 11.3 Å². The monoisotopic (exact) mass is 324 g/mol. The number of nitrogens with zero attached hydrogens (tertiary/aromatic N) is 3. The minimum Gasteiger partial charge on any atom is -0.321 e. The van der Waals surface area contributed by atoms with Gasteiger partial charge >= 0.3 is 0 Å². The average Bonchev–Trinajstić information content (AvgIpc) is 2.92. The molecule has 114 valence electrons. The van der Waals surface area contributed by atoms with Crippen LogP contribution in [0.3, 0.4) is 0 Å². The maximum Gasteiger partial charge on any atom is 0.274 e. The van der Waals surface area contributed by atoms with Crippen LogP contribution in [0.5, 0.6) is 0 Å². The third-order valence-electron chi connectivity index (χ3n) is 3.46. The van der Waals surface area contributed by atoms with Crippen LogP contribution in [0.1, 0.15) is 28.7 Å². The smallest absolute Gasteiger partial charge is 0.274 e. The van der Waals surface area contributed by atoms with Crippen molar-refractivity contribution in [2.45, 2.75) is 13.3 Å². The standard InChI is InChI=1S/C17H13ClN4O/c1-2-14-16(22-7-6-12(18)9-15(22)21-14)17(23)20-13-5-3-4-11(8-13)10-19/h3-9H,2H2,1H3,(H,20,23). The normalized spacial score (nSPS) is 10.5. The zero-order chi connectivity index (χ0) is 16.4. The van der Waals surface area contributed by atoms with Gasteiger partial charge in [-0.2, -0.15) is 5.26 Å². The lowest BCUT2D eigenvalue weighted by Gasteiger charge is -2.07. The second-order valence-corrected chi connectivity index (χ2v) is 5.42. The Hall–Kier alpha value is -2.84. The quantitative estimate of drug-likeness (QED) is 0.799. The third kappa shape index (κ3) is 2.89. The predicted octanol–water partition coefficient (Wildman–Crippen LogP) is 3.67. The Morgan fingerprint density at radius 3 is 2.96 bits per heavy atom. The Balaban J connectivity index is 2.01. The summed E-state index contributed by atoms with van der Waals surface area (Å²) in [6, 6.07) is 12.3. The number of anilines is 1. The van der Waals surface area contributed by atoms with E-state index >= 15 is 0 Å². The molecule has 0 atom stereocenters. The Kier molecular flexibility index (Phi) is 4.00. The molecule has 1 aromatic carbocycles. The molecule has 0 radical (unpaired) electrons. The van der Waals surface area contributed by atoms with E-state index in [-0.39, 0.29) is 5.91 Å². The summed E-state index contributed by atoms with van der Waals surface area (Å²) in [6.07, 6.45) is 2.35. The van der Waals surface area contributed by atoms with Crippen LogP contribution in [0.4, 0.5) is 5.69 Å². The summed E-state index contributed by atoms with van der Waals surface area (Å²) < 4.78 is 1.72. The summed E-state index contributed by atoms with van der Waals surface area (Å²) in [7, 11) is 0. The lowest BCUT2D eigenvalue weighted by atomic mass is 10.2. The molecular weight excluding hydrogens is 312 g/mol. The number of aryl methyl sites for hydroxylation is 1. The van der Waals surface area contributed by atoms with Gasteiger partial charge in [0.15, 0.2) is 0 Å². The van der Waals surface area contributed by atoms with Crippen LogP contribution in [0.15, 0.2) is 42.6 Å². The number of hydrogen-bond acceptors (Lipinski definition) is 3. The summed E-state index contributed by atoms with van der Waals surface area (Å²) >= 11 is 5.98. The van der Waals surface area contributed by atoms with Crippen LogP contribution in [0.25, 0.3) is 5.65 Å². The van der Waals surface area contributed by atoms with E-state index in [1.165, 1.54) is 0 Å². The Bertz CT molecular complexity index is 939. The maximum atomic E-state index is 12.7. The molecule has 0 bridgehead atoms. The van der Waals surface area contributed by atoms with E-state index in [9.17, 15) is 4.79 Å². The fraction of sp³-hybridized carbons (Fsp3) is 0.118. The van der Waals surface area contributed by atoms with Crippen LogP contribution < -0.4 is 5.32 Å². The van der Waals surface area contributed by atoms with Crippen molar-refractivity contribution in [1.82, 2.24) is 9.38 Å². The first kappa shape index (κ1) is 15.1. The van der Waals surface area contributed by atoms with Gasteiger partial charge in [0, 0.05) is 23.0 Å². The van der Waals surface area contributed by atoms with E-state index in [4.69, 9.17) is 16.9 Å². The van der Waals surface area contributed by atoms with Gasteiger partial charge in [-0.05, 0) is 30.7 Å². The highest BCUT2D eigenvalue weighted by atomic mass is 35.5. The number of benzene rings is 1. The number of imidazole rings is 1. The minimum atomic E-state index is -0.272. The number of nitriles is 1. The molecule has 1 N–H and O–H groups in total. The van der Waals surface area contributed by atoms with Gasteiger partial charge < -0.3 is 5.32 Å². The fourth-order valence-electron chi connectivity index (χ4n) is 2.41. The van der Waals surface area contributed by atoms with E-state index in [0.717, 1.165) is 0 Å². The van der Waals surface area contributed by atoms with Gasteiger partial charge in [0.2, 0.25) is 0 Å². The van der Waals surface area contributed by atoms with Gasteiger partial charge in [0.05, 0.1) is 17.3 Å². The summed E-state index contributed by atoms with van der Waals surface area (Å²) in [5.41, 5.74) is 2.86. The van der Waals surface area contributed by atoms with Crippen molar-refractivity contribution >= 4 is 28.8 Å². The molecule has 23 heavy (non-hydrogen) atoms. The number of aromatic nitrogens is 2. The van der Waals surface area contributed by atoms with E-state index in [1.807, 2.05) is 6.92 Å². The van der Waals surface area contributed by atoms with Crippen molar-refractivity contribution in [3.8, 4) is 6.07 Å². The molecule has 3 rings (SSSR count). The predicted molar refractivity (Wildman–Crippen MR) is 88.7 cm³/mol. The molecule has 0 aliphatic heterocycles. The lowest BCUT2D eigenvalue weighted by molar-refractivity contribution is 0.102. The van der Waals surface area contributed by atoms with Gasteiger partial charge in [-0.3, -0.25) is 9.20 Å². The molecule has 1 amide bonds. The van der Waals surface area contributed by atoms with Crippen LogP contribution in [-0.2, 0) is 6.42 Å².